The van der Waals surface area contributed by atoms with Gasteiger partial charge in [0.2, 0.25) is 0 Å². The van der Waals surface area contributed by atoms with E-state index < -0.39 is 0 Å². The lowest BCUT2D eigenvalue weighted by atomic mass is 10.2. The molecule has 6 heteroatoms. The number of carbonyl (C=O) groups excluding carboxylic acids is 2. The molecule has 1 aromatic carbocycles. The molecule has 2 amide bonds. The number of halogens is 1. The standard InChI is InChI=1S/C15H15ClN2O3/c1-10-11(6-9-21-10)14(19)17-7-8-18-15(20)12-4-2-3-5-13(12)16/h2-6,9H,7-8H2,1H3,(H,17,19)(H,18,20). The molecule has 0 aliphatic carbocycles. The van der Waals surface area contributed by atoms with Crippen LogP contribution in [0.2, 0.25) is 5.02 Å². The Bertz CT molecular complexity index is 652. The second-order valence-corrected chi connectivity index (χ2v) is 4.79. The smallest absolute Gasteiger partial charge is 0.254 e. The number of carbonyl (C=O) groups is 2. The highest BCUT2D eigenvalue weighted by molar-refractivity contribution is 6.33. The third kappa shape index (κ3) is 3.86. The zero-order chi connectivity index (χ0) is 15.2. The van der Waals surface area contributed by atoms with E-state index in [0.717, 1.165) is 0 Å². The van der Waals surface area contributed by atoms with Crippen molar-refractivity contribution in [3.05, 3.63) is 58.5 Å². The van der Waals surface area contributed by atoms with Crippen LogP contribution in [-0.4, -0.2) is 24.9 Å². The van der Waals surface area contributed by atoms with Crippen molar-refractivity contribution in [1.82, 2.24) is 10.6 Å². The Balaban J connectivity index is 1.78. The minimum absolute atomic E-state index is 0.228. The molecule has 2 aromatic rings. The summed E-state index contributed by atoms with van der Waals surface area (Å²) in [6, 6.07) is 8.40. The van der Waals surface area contributed by atoms with Crippen molar-refractivity contribution in [3.63, 3.8) is 0 Å². The van der Waals surface area contributed by atoms with Crippen molar-refractivity contribution in [2.45, 2.75) is 6.92 Å². The highest BCUT2D eigenvalue weighted by Crippen LogP contribution is 2.14. The Labute approximate surface area is 127 Å². The summed E-state index contributed by atoms with van der Waals surface area (Å²) >= 11 is 5.93. The summed E-state index contributed by atoms with van der Waals surface area (Å²) in [5.41, 5.74) is 0.906. The Morgan fingerprint density at radius 1 is 1.05 bits per heavy atom. The van der Waals surface area contributed by atoms with Gasteiger partial charge in [-0.15, -0.1) is 0 Å². The maximum Gasteiger partial charge on any atom is 0.254 e. The van der Waals surface area contributed by atoms with Gasteiger partial charge in [0.05, 0.1) is 22.4 Å². The fraction of sp³-hybridized carbons (Fsp3) is 0.200. The molecule has 0 unspecified atom stereocenters. The maximum atomic E-state index is 11.9. The monoisotopic (exact) mass is 306 g/mol. The fourth-order valence-electron chi connectivity index (χ4n) is 1.81. The summed E-state index contributed by atoms with van der Waals surface area (Å²) in [6.45, 7) is 2.35. The first-order valence-electron chi connectivity index (χ1n) is 6.44. The maximum absolute atomic E-state index is 11.9. The molecule has 0 saturated carbocycles. The lowest BCUT2D eigenvalue weighted by Crippen LogP contribution is -2.34. The molecule has 0 spiro atoms. The minimum atomic E-state index is -0.269. The quantitative estimate of drug-likeness (QED) is 0.833. The summed E-state index contributed by atoms with van der Waals surface area (Å²) in [6.07, 6.45) is 1.46. The SMILES string of the molecule is Cc1occc1C(=O)NCCNC(=O)c1ccccc1Cl. The van der Waals surface area contributed by atoms with Crippen molar-refractivity contribution < 1.29 is 14.0 Å². The van der Waals surface area contributed by atoms with Gasteiger partial charge in [-0.05, 0) is 25.1 Å². The van der Waals surface area contributed by atoms with Crippen molar-refractivity contribution >= 4 is 23.4 Å². The molecule has 0 aliphatic heterocycles. The Hall–Kier alpha value is -2.27. The van der Waals surface area contributed by atoms with E-state index in [1.54, 1.807) is 37.3 Å². The number of rotatable bonds is 5. The molecule has 1 heterocycles. The van der Waals surface area contributed by atoms with Gasteiger partial charge in [-0.25, -0.2) is 0 Å². The molecular formula is C15H15ClN2O3. The van der Waals surface area contributed by atoms with Crippen LogP contribution in [0, 0.1) is 6.92 Å². The van der Waals surface area contributed by atoms with Gasteiger partial charge in [0, 0.05) is 13.1 Å². The number of aryl methyl sites for hydroxylation is 1. The van der Waals surface area contributed by atoms with E-state index in [1.165, 1.54) is 6.26 Å². The zero-order valence-corrected chi connectivity index (χ0v) is 12.2. The van der Waals surface area contributed by atoms with Crippen molar-refractivity contribution in [2.24, 2.45) is 0 Å². The topological polar surface area (TPSA) is 71.3 Å². The lowest BCUT2D eigenvalue weighted by Gasteiger charge is -2.07. The van der Waals surface area contributed by atoms with Crippen molar-refractivity contribution in [2.75, 3.05) is 13.1 Å². The molecule has 0 radical (unpaired) electrons. The van der Waals surface area contributed by atoms with Crippen LogP contribution >= 0.6 is 11.6 Å². The van der Waals surface area contributed by atoms with Gasteiger partial charge in [0.25, 0.3) is 11.8 Å². The van der Waals surface area contributed by atoms with Crippen LogP contribution in [-0.2, 0) is 0 Å². The molecule has 2 rings (SSSR count). The normalized spacial score (nSPS) is 10.2. The van der Waals surface area contributed by atoms with Crippen LogP contribution in [0.5, 0.6) is 0 Å². The van der Waals surface area contributed by atoms with Gasteiger partial charge in [0.1, 0.15) is 5.76 Å². The number of amides is 2. The molecule has 0 fully saturated rings. The van der Waals surface area contributed by atoms with E-state index in [9.17, 15) is 9.59 Å². The third-order valence-corrected chi connectivity index (χ3v) is 3.25. The van der Waals surface area contributed by atoms with Crippen LogP contribution in [0.15, 0.2) is 41.0 Å². The summed E-state index contributed by atoms with van der Waals surface area (Å²) in [5, 5.41) is 5.79. The van der Waals surface area contributed by atoms with E-state index in [-0.39, 0.29) is 11.8 Å². The number of furan rings is 1. The first kappa shape index (κ1) is 15.1. The summed E-state index contributed by atoms with van der Waals surface area (Å²) in [7, 11) is 0. The van der Waals surface area contributed by atoms with E-state index >= 15 is 0 Å². The number of hydrogen-bond acceptors (Lipinski definition) is 3. The molecule has 0 bridgehead atoms. The van der Waals surface area contributed by atoms with Gasteiger partial charge >= 0.3 is 0 Å². The molecule has 0 saturated heterocycles. The number of nitrogens with one attached hydrogen (secondary N) is 2. The highest BCUT2D eigenvalue weighted by Gasteiger charge is 2.11. The first-order chi connectivity index (χ1) is 10.1. The predicted octanol–water partition coefficient (Wildman–Crippen LogP) is 2.40. The molecule has 0 atom stereocenters. The molecule has 1 aromatic heterocycles. The highest BCUT2D eigenvalue weighted by atomic mass is 35.5. The summed E-state index contributed by atoms with van der Waals surface area (Å²) in [5.74, 6) is 0.0650. The molecule has 21 heavy (non-hydrogen) atoms. The number of benzene rings is 1. The second kappa shape index (κ2) is 6.95. The summed E-state index contributed by atoms with van der Waals surface area (Å²) < 4.78 is 5.06. The largest absolute Gasteiger partial charge is 0.469 e. The van der Waals surface area contributed by atoms with E-state index in [0.29, 0.717) is 35.0 Å². The Kier molecular flexibility index (Phi) is 5.00. The van der Waals surface area contributed by atoms with E-state index in [4.69, 9.17) is 16.0 Å². The molecule has 110 valence electrons. The molecule has 0 aliphatic rings. The second-order valence-electron chi connectivity index (χ2n) is 4.38. The average molecular weight is 307 g/mol. The van der Waals surface area contributed by atoms with Gasteiger partial charge in [-0.1, -0.05) is 23.7 Å². The third-order valence-electron chi connectivity index (χ3n) is 2.92. The van der Waals surface area contributed by atoms with Gasteiger partial charge in [-0.2, -0.15) is 0 Å². The molecular weight excluding hydrogens is 292 g/mol. The van der Waals surface area contributed by atoms with E-state index in [1.807, 2.05) is 0 Å². The van der Waals surface area contributed by atoms with Crippen molar-refractivity contribution in [3.8, 4) is 0 Å². The zero-order valence-electron chi connectivity index (χ0n) is 11.5. The minimum Gasteiger partial charge on any atom is -0.469 e. The fourth-order valence-corrected chi connectivity index (χ4v) is 2.03. The molecule has 5 nitrogen and oxygen atoms in total. The lowest BCUT2D eigenvalue weighted by molar-refractivity contribution is 0.0927. The molecule has 2 N–H and O–H groups in total. The van der Waals surface area contributed by atoms with Crippen LogP contribution < -0.4 is 10.6 Å². The van der Waals surface area contributed by atoms with Crippen molar-refractivity contribution in [1.29, 1.82) is 0 Å². The number of hydrogen-bond donors (Lipinski definition) is 2. The first-order valence-corrected chi connectivity index (χ1v) is 6.82. The van der Waals surface area contributed by atoms with Gasteiger partial charge in [-0.3, -0.25) is 9.59 Å². The van der Waals surface area contributed by atoms with Gasteiger partial charge in [0.15, 0.2) is 0 Å². The van der Waals surface area contributed by atoms with Crippen LogP contribution in [0.25, 0.3) is 0 Å². The Morgan fingerprint density at radius 2 is 1.67 bits per heavy atom. The van der Waals surface area contributed by atoms with Gasteiger partial charge < -0.3 is 15.1 Å². The summed E-state index contributed by atoms with van der Waals surface area (Å²) in [4.78, 5) is 23.7. The average Bonchev–Trinajstić information content (AvgIpc) is 2.90. The Morgan fingerprint density at radius 3 is 2.24 bits per heavy atom. The van der Waals surface area contributed by atoms with Crippen LogP contribution in [0.1, 0.15) is 26.5 Å². The van der Waals surface area contributed by atoms with Crippen LogP contribution in [0.3, 0.4) is 0 Å². The van der Waals surface area contributed by atoms with Crippen LogP contribution in [0.4, 0.5) is 0 Å². The predicted molar refractivity (Wildman–Crippen MR) is 79.6 cm³/mol. The van der Waals surface area contributed by atoms with E-state index in [2.05, 4.69) is 10.6 Å².